The zero-order chi connectivity index (χ0) is 11.7. The standard InChI is InChI=1S/C9H9N3O3S/c1-12(2)9-10-5-3-6(15-4-13)7(14)11-8(5)16-9/h3-4H,1-2H3,(H,11,14). The van der Waals surface area contributed by atoms with Gasteiger partial charge >= 0.3 is 0 Å². The normalized spacial score (nSPS) is 10.4. The molecule has 0 unspecified atom stereocenters. The van der Waals surface area contributed by atoms with Gasteiger partial charge in [-0.05, 0) is 0 Å². The minimum Gasteiger partial charge on any atom is -0.423 e. The fourth-order valence-corrected chi connectivity index (χ4v) is 2.05. The van der Waals surface area contributed by atoms with E-state index in [0.29, 0.717) is 10.3 Å². The first kappa shape index (κ1) is 10.6. The summed E-state index contributed by atoms with van der Waals surface area (Å²) in [6.45, 7) is 0.218. The predicted molar refractivity (Wildman–Crippen MR) is 61.3 cm³/mol. The minimum absolute atomic E-state index is 0.0434. The highest BCUT2D eigenvalue weighted by Gasteiger charge is 2.09. The lowest BCUT2D eigenvalue weighted by Crippen LogP contribution is -2.09. The molecule has 0 spiro atoms. The summed E-state index contributed by atoms with van der Waals surface area (Å²) in [5.41, 5.74) is 0.165. The molecule has 0 amide bonds. The van der Waals surface area contributed by atoms with Crippen molar-refractivity contribution in [1.29, 1.82) is 0 Å². The molecule has 0 saturated carbocycles. The maximum atomic E-state index is 11.4. The van der Waals surface area contributed by atoms with Gasteiger partial charge in [-0.3, -0.25) is 9.59 Å². The molecule has 0 fully saturated rings. The Bertz CT molecular complexity index is 587. The third-order valence-electron chi connectivity index (χ3n) is 1.92. The van der Waals surface area contributed by atoms with Gasteiger partial charge in [0.1, 0.15) is 10.3 Å². The Morgan fingerprint density at radius 1 is 1.56 bits per heavy atom. The third-order valence-corrected chi connectivity index (χ3v) is 3.07. The van der Waals surface area contributed by atoms with Crippen molar-refractivity contribution in [3.05, 3.63) is 16.4 Å². The zero-order valence-electron chi connectivity index (χ0n) is 8.68. The van der Waals surface area contributed by atoms with Crippen LogP contribution in [0.5, 0.6) is 5.75 Å². The smallest absolute Gasteiger partial charge is 0.298 e. The Hall–Kier alpha value is -1.89. The van der Waals surface area contributed by atoms with Crippen molar-refractivity contribution < 1.29 is 9.53 Å². The molecule has 2 rings (SSSR count). The van der Waals surface area contributed by atoms with Gasteiger partial charge in [0.15, 0.2) is 10.9 Å². The lowest BCUT2D eigenvalue weighted by Gasteiger charge is -2.04. The largest absolute Gasteiger partial charge is 0.423 e. The van der Waals surface area contributed by atoms with Gasteiger partial charge in [-0.15, -0.1) is 0 Å². The molecule has 16 heavy (non-hydrogen) atoms. The first-order chi connectivity index (χ1) is 7.61. The molecule has 0 bridgehead atoms. The van der Waals surface area contributed by atoms with E-state index in [1.54, 1.807) is 0 Å². The highest BCUT2D eigenvalue weighted by molar-refractivity contribution is 7.21. The van der Waals surface area contributed by atoms with E-state index in [9.17, 15) is 9.59 Å². The predicted octanol–water partition coefficient (Wildman–Crippen LogP) is 0.586. The van der Waals surface area contributed by atoms with Crippen molar-refractivity contribution in [3.8, 4) is 5.75 Å². The summed E-state index contributed by atoms with van der Waals surface area (Å²) in [7, 11) is 3.72. The van der Waals surface area contributed by atoms with Crippen LogP contribution >= 0.6 is 11.3 Å². The molecule has 2 aromatic rings. The van der Waals surface area contributed by atoms with E-state index < -0.39 is 5.56 Å². The maximum absolute atomic E-state index is 11.4. The Morgan fingerprint density at radius 2 is 2.31 bits per heavy atom. The number of carbonyl (C=O) groups is 1. The van der Waals surface area contributed by atoms with E-state index >= 15 is 0 Å². The van der Waals surface area contributed by atoms with Crippen molar-refractivity contribution in [2.24, 2.45) is 0 Å². The monoisotopic (exact) mass is 239 g/mol. The Morgan fingerprint density at radius 3 is 2.94 bits per heavy atom. The van der Waals surface area contributed by atoms with E-state index in [1.165, 1.54) is 17.4 Å². The van der Waals surface area contributed by atoms with Crippen LogP contribution in [0, 0.1) is 0 Å². The minimum atomic E-state index is -0.437. The molecule has 0 atom stereocenters. The fourth-order valence-electron chi connectivity index (χ4n) is 1.19. The van der Waals surface area contributed by atoms with Gasteiger partial charge in [-0.1, -0.05) is 11.3 Å². The van der Waals surface area contributed by atoms with Gasteiger partial charge in [-0.2, -0.15) is 0 Å². The molecule has 0 aliphatic carbocycles. The Balaban J connectivity index is 2.60. The molecule has 1 N–H and O–H groups in total. The summed E-state index contributed by atoms with van der Waals surface area (Å²) in [6.07, 6.45) is 0. The van der Waals surface area contributed by atoms with Crippen molar-refractivity contribution in [3.63, 3.8) is 0 Å². The summed E-state index contributed by atoms with van der Waals surface area (Å²) in [5.74, 6) is -0.0434. The van der Waals surface area contributed by atoms with Gasteiger partial charge in [0.25, 0.3) is 12.0 Å². The van der Waals surface area contributed by atoms with Crippen molar-refractivity contribution in [2.45, 2.75) is 0 Å². The maximum Gasteiger partial charge on any atom is 0.298 e. The van der Waals surface area contributed by atoms with Crippen LogP contribution in [0.2, 0.25) is 0 Å². The quantitative estimate of drug-likeness (QED) is 0.793. The number of fused-ring (bicyclic) bond motifs is 1. The average Bonchev–Trinajstić information content (AvgIpc) is 2.61. The molecular weight excluding hydrogens is 230 g/mol. The number of anilines is 1. The number of carbonyl (C=O) groups excluding carboxylic acids is 1. The molecule has 0 aliphatic rings. The molecule has 0 aliphatic heterocycles. The molecular formula is C9H9N3O3S. The number of H-pyrrole nitrogens is 1. The van der Waals surface area contributed by atoms with Gasteiger partial charge in [-0.25, -0.2) is 4.98 Å². The van der Waals surface area contributed by atoms with Gasteiger partial charge in [0, 0.05) is 20.2 Å². The van der Waals surface area contributed by atoms with Crippen LogP contribution in [-0.2, 0) is 4.79 Å². The van der Waals surface area contributed by atoms with Crippen LogP contribution in [0.15, 0.2) is 10.9 Å². The number of nitrogens with zero attached hydrogens (tertiary/aromatic N) is 2. The Kier molecular flexibility index (Phi) is 2.61. The van der Waals surface area contributed by atoms with Crippen LogP contribution in [-0.4, -0.2) is 30.5 Å². The summed E-state index contributed by atoms with van der Waals surface area (Å²) >= 11 is 1.36. The zero-order valence-corrected chi connectivity index (χ0v) is 9.50. The average molecular weight is 239 g/mol. The van der Waals surface area contributed by atoms with Crippen molar-refractivity contribution in [1.82, 2.24) is 9.97 Å². The topological polar surface area (TPSA) is 75.3 Å². The summed E-state index contributed by atoms with van der Waals surface area (Å²) in [4.78, 5) is 31.0. The van der Waals surface area contributed by atoms with Crippen LogP contribution in [0.1, 0.15) is 0 Å². The first-order valence-electron chi connectivity index (χ1n) is 4.43. The van der Waals surface area contributed by atoms with Gasteiger partial charge < -0.3 is 14.6 Å². The lowest BCUT2D eigenvalue weighted by atomic mass is 10.4. The van der Waals surface area contributed by atoms with E-state index in [0.717, 1.165) is 5.13 Å². The molecule has 2 heterocycles. The van der Waals surface area contributed by atoms with E-state index in [2.05, 4.69) is 14.7 Å². The number of hydrogen-bond acceptors (Lipinski definition) is 6. The first-order valence-corrected chi connectivity index (χ1v) is 5.25. The highest BCUT2D eigenvalue weighted by Crippen LogP contribution is 2.26. The number of rotatable bonds is 3. The van der Waals surface area contributed by atoms with Crippen LogP contribution in [0.3, 0.4) is 0 Å². The number of aromatic nitrogens is 2. The molecule has 2 aromatic heterocycles. The van der Waals surface area contributed by atoms with E-state index in [1.807, 2.05) is 19.0 Å². The van der Waals surface area contributed by atoms with E-state index in [4.69, 9.17) is 0 Å². The van der Waals surface area contributed by atoms with Crippen molar-refractivity contribution >= 4 is 33.3 Å². The SMILES string of the molecule is CN(C)c1nc2cc(OC=O)c(=O)[nH]c2s1. The highest BCUT2D eigenvalue weighted by atomic mass is 32.1. The van der Waals surface area contributed by atoms with Crippen LogP contribution < -0.4 is 15.2 Å². The fraction of sp³-hybridized carbons (Fsp3) is 0.222. The summed E-state index contributed by atoms with van der Waals surface area (Å²) in [5, 5.41) is 0.772. The number of hydrogen-bond donors (Lipinski definition) is 1. The van der Waals surface area contributed by atoms with Gasteiger partial charge in [0.05, 0.1) is 0 Å². The second-order valence-corrected chi connectivity index (χ2v) is 4.26. The number of aromatic amines is 1. The molecule has 84 valence electrons. The molecule has 7 heteroatoms. The van der Waals surface area contributed by atoms with Crippen molar-refractivity contribution in [2.75, 3.05) is 19.0 Å². The molecule has 0 saturated heterocycles. The number of nitrogens with one attached hydrogen (secondary N) is 1. The molecule has 0 aromatic carbocycles. The van der Waals surface area contributed by atoms with Crippen LogP contribution in [0.4, 0.5) is 5.13 Å². The molecule has 0 radical (unpaired) electrons. The van der Waals surface area contributed by atoms with Crippen LogP contribution in [0.25, 0.3) is 10.3 Å². The lowest BCUT2D eigenvalue weighted by molar-refractivity contribution is -0.120. The summed E-state index contributed by atoms with van der Waals surface area (Å²) < 4.78 is 4.54. The number of ether oxygens (including phenoxy) is 1. The number of pyridine rings is 1. The third kappa shape index (κ3) is 1.76. The van der Waals surface area contributed by atoms with Gasteiger partial charge in [0.2, 0.25) is 0 Å². The second-order valence-electron chi connectivity index (χ2n) is 3.28. The summed E-state index contributed by atoms with van der Waals surface area (Å²) in [6, 6.07) is 1.45. The second kappa shape index (κ2) is 3.93. The van der Waals surface area contributed by atoms with E-state index in [-0.39, 0.29) is 12.2 Å². The number of thiazole rings is 1. The molecule has 6 nitrogen and oxygen atoms in total. The Labute approximate surface area is 94.5 Å².